The molecule has 1 aliphatic carbocycles. The van der Waals surface area contributed by atoms with E-state index in [9.17, 15) is 4.79 Å². The van der Waals surface area contributed by atoms with E-state index in [1.807, 2.05) is 18.2 Å². The molecule has 25 heavy (non-hydrogen) atoms. The summed E-state index contributed by atoms with van der Waals surface area (Å²) < 4.78 is 0. The zero-order valence-electron chi connectivity index (χ0n) is 14.0. The molecule has 1 unspecified atom stereocenters. The molecule has 2 aliphatic rings. The number of hydrogen-bond donors (Lipinski definition) is 1. The van der Waals surface area contributed by atoms with Crippen molar-refractivity contribution in [3.8, 4) is 0 Å². The van der Waals surface area contributed by atoms with Gasteiger partial charge in [0.05, 0.1) is 0 Å². The van der Waals surface area contributed by atoms with Gasteiger partial charge in [0, 0.05) is 44.3 Å². The van der Waals surface area contributed by atoms with Crippen LogP contribution < -0.4 is 10.2 Å². The minimum Gasteiger partial charge on any atom is -0.356 e. The number of rotatable bonds is 6. The summed E-state index contributed by atoms with van der Waals surface area (Å²) in [5.41, 5.74) is 0.930. The maximum atomic E-state index is 11.9. The molecular weight excluding hydrogens is 314 g/mol. The van der Waals surface area contributed by atoms with Gasteiger partial charge in [-0.3, -0.25) is 9.78 Å². The molecule has 6 nitrogen and oxygen atoms in total. The Morgan fingerprint density at radius 3 is 2.84 bits per heavy atom. The first-order chi connectivity index (χ1) is 12.3. The van der Waals surface area contributed by atoms with Crippen LogP contribution in [0.4, 0.5) is 5.82 Å². The van der Waals surface area contributed by atoms with Gasteiger partial charge in [0.25, 0.3) is 0 Å². The molecule has 128 valence electrons. The monoisotopic (exact) mass is 335 g/mol. The van der Waals surface area contributed by atoms with Crippen LogP contribution in [-0.2, 0) is 4.79 Å². The number of nitrogens with one attached hydrogen (secondary N) is 1. The summed E-state index contributed by atoms with van der Waals surface area (Å²) in [5.74, 6) is 3.21. The van der Waals surface area contributed by atoms with Gasteiger partial charge in [0.2, 0.25) is 5.91 Å². The van der Waals surface area contributed by atoms with Crippen LogP contribution in [-0.4, -0.2) is 40.5 Å². The van der Waals surface area contributed by atoms with E-state index in [2.05, 4.69) is 25.2 Å². The highest BCUT2D eigenvalue weighted by Gasteiger charge is 2.55. The van der Waals surface area contributed by atoms with Crippen molar-refractivity contribution in [3.63, 3.8) is 0 Å². The average molecular weight is 335 g/mol. The van der Waals surface area contributed by atoms with Crippen LogP contribution in [0.15, 0.2) is 49.2 Å². The molecule has 2 aromatic heterocycles. The Balaban J connectivity index is 1.17. The Bertz CT molecular complexity index is 737. The van der Waals surface area contributed by atoms with E-state index in [0.717, 1.165) is 55.2 Å². The first-order valence-corrected chi connectivity index (χ1v) is 8.68. The van der Waals surface area contributed by atoms with E-state index in [-0.39, 0.29) is 5.91 Å². The highest BCUT2D eigenvalue weighted by molar-refractivity contribution is 5.91. The summed E-state index contributed by atoms with van der Waals surface area (Å²) in [6, 6.07) is 5.74. The fourth-order valence-electron chi connectivity index (χ4n) is 3.80. The molecule has 1 N–H and O–H groups in total. The molecule has 3 heterocycles. The van der Waals surface area contributed by atoms with Gasteiger partial charge in [-0.25, -0.2) is 9.97 Å². The molecule has 1 amide bonds. The number of anilines is 1. The van der Waals surface area contributed by atoms with Gasteiger partial charge in [0.1, 0.15) is 12.1 Å². The van der Waals surface area contributed by atoms with E-state index in [1.165, 1.54) is 0 Å². The van der Waals surface area contributed by atoms with Gasteiger partial charge in [-0.1, -0.05) is 6.07 Å². The lowest BCUT2D eigenvalue weighted by molar-refractivity contribution is -0.116. The number of fused-ring (bicyclic) bond motifs is 1. The zero-order chi connectivity index (χ0) is 17.1. The van der Waals surface area contributed by atoms with Gasteiger partial charge >= 0.3 is 0 Å². The fourth-order valence-corrected chi connectivity index (χ4v) is 3.80. The Morgan fingerprint density at radius 1 is 1.24 bits per heavy atom. The van der Waals surface area contributed by atoms with Crippen LogP contribution >= 0.6 is 0 Å². The molecule has 0 spiro atoms. The molecule has 1 aliphatic heterocycles. The normalized spacial score (nSPS) is 24.3. The van der Waals surface area contributed by atoms with Crippen molar-refractivity contribution >= 4 is 17.8 Å². The van der Waals surface area contributed by atoms with Crippen molar-refractivity contribution in [1.29, 1.82) is 0 Å². The van der Waals surface area contributed by atoms with Crippen LogP contribution in [0.5, 0.6) is 0 Å². The molecule has 0 bridgehead atoms. The Labute approximate surface area is 147 Å². The molecule has 1 saturated carbocycles. The minimum atomic E-state index is -0.0442. The van der Waals surface area contributed by atoms with Crippen molar-refractivity contribution in [1.82, 2.24) is 20.3 Å². The van der Waals surface area contributed by atoms with Crippen LogP contribution in [0, 0.1) is 17.8 Å². The summed E-state index contributed by atoms with van der Waals surface area (Å²) in [5, 5.41) is 2.98. The summed E-state index contributed by atoms with van der Waals surface area (Å²) in [6.07, 6.45) is 11.3. The molecule has 2 fully saturated rings. The molecule has 2 aromatic rings. The predicted octanol–water partition coefficient (Wildman–Crippen LogP) is 1.77. The van der Waals surface area contributed by atoms with Crippen LogP contribution in [0.25, 0.3) is 6.08 Å². The number of aromatic nitrogens is 3. The first kappa shape index (κ1) is 15.7. The van der Waals surface area contributed by atoms with E-state index < -0.39 is 0 Å². The number of piperidine rings is 1. The summed E-state index contributed by atoms with van der Waals surface area (Å²) in [7, 11) is 0. The molecule has 6 heteroatoms. The molecule has 3 atom stereocenters. The smallest absolute Gasteiger partial charge is 0.244 e. The van der Waals surface area contributed by atoms with Gasteiger partial charge < -0.3 is 10.2 Å². The van der Waals surface area contributed by atoms with Gasteiger partial charge in [-0.2, -0.15) is 0 Å². The molecule has 0 aromatic carbocycles. The van der Waals surface area contributed by atoms with Crippen molar-refractivity contribution in [2.75, 3.05) is 24.5 Å². The van der Waals surface area contributed by atoms with Gasteiger partial charge in [-0.15, -0.1) is 0 Å². The lowest BCUT2D eigenvalue weighted by Crippen LogP contribution is -2.27. The second-order valence-corrected chi connectivity index (χ2v) is 6.66. The van der Waals surface area contributed by atoms with E-state index in [4.69, 9.17) is 0 Å². The number of carbonyl (C=O) groups is 1. The van der Waals surface area contributed by atoms with E-state index in [1.54, 1.807) is 37.1 Å². The van der Waals surface area contributed by atoms with E-state index >= 15 is 0 Å². The number of carbonyl (C=O) groups excluding carboxylic acids is 1. The topological polar surface area (TPSA) is 71.0 Å². The molecule has 0 radical (unpaired) electrons. The molecule has 1 saturated heterocycles. The largest absolute Gasteiger partial charge is 0.356 e. The Kier molecular flexibility index (Phi) is 4.41. The quantitative estimate of drug-likeness (QED) is 0.815. The third-order valence-electron chi connectivity index (χ3n) is 5.15. The zero-order valence-corrected chi connectivity index (χ0v) is 14.0. The van der Waals surface area contributed by atoms with Crippen molar-refractivity contribution in [2.24, 2.45) is 17.8 Å². The summed E-state index contributed by atoms with van der Waals surface area (Å²) >= 11 is 0. The number of hydrogen-bond acceptors (Lipinski definition) is 5. The first-order valence-electron chi connectivity index (χ1n) is 8.68. The summed E-state index contributed by atoms with van der Waals surface area (Å²) in [4.78, 5) is 26.5. The van der Waals surface area contributed by atoms with Crippen molar-refractivity contribution in [2.45, 2.75) is 6.42 Å². The van der Waals surface area contributed by atoms with E-state index in [0.29, 0.717) is 0 Å². The number of pyridine rings is 1. The SMILES string of the molecule is O=C(/C=C/c1cccnc1)NCCC1[C@H]2CN(c3ccncn3)C[C@@H]12. The lowest BCUT2D eigenvalue weighted by atomic mass is 10.2. The highest BCUT2D eigenvalue weighted by atomic mass is 16.1. The fraction of sp³-hybridized carbons (Fsp3) is 0.368. The maximum absolute atomic E-state index is 11.9. The molecule has 4 rings (SSSR count). The standard InChI is InChI=1S/C19H21N5O/c25-19(4-3-14-2-1-7-20-10-14)22-9-5-15-16-11-24(12-17(15)16)18-6-8-21-13-23-18/h1-4,6-8,10,13,15-17H,5,9,11-12H2,(H,22,25)/b4-3+/t15?,16-,17+. The lowest BCUT2D eigenvalue weighted by Gasteiger charge is -2.20. The average Bonchev–Trinajstić information content (AvgIpc) is 3.11. The van der Waals surface area contributed by atoms with Crippen LogP contribution in [0.2, 0.25) is 0 Å². The maximum Gasteiger partial charge on any atom is 0.244 e. The van der Waals surface area contributed by atoms with Crippen LogP contribution in [0.1, 0.15) is 12.0 Å². The highest BCUT2D eigenvalue weighted by Crippen LogP contribution is 2.53. The second-order valence-electron chi connectivity index (χ2n) is 6.66. The Hall–Kier alpha value is -2.76. The number of amides is 1. The third-order valence-corrected chi connectivity index (χ3v) is 5.15. The second kappa shape index (κ2) is 7.01. The minimum absolute atomic E-state index is 0.0442. The predicted molar refractivity (Wildman–Crippen MR) is 95.6 cm³/mol. The van der Waals surface area contributed by atoms with Crippen LogP contribution in [0.3, 0.4) is 0 Å². The van der Waals surface area contributed by atoms with Gasteiger partial charge in [-0.05, 0) is 47.9 Å². The third kappa shape index (κ3) is 3.68. The van der Waals surface area contributed by atoms with Crippen molar-refractivity contribution < 1.29 is 4.79 Å². The number of nitrogens with zero attached hydrogens (tertiary/aromatic N) is 4. The summed E-state index contributed by atoms with van der Waals surface area (Å²) in [6.45, 7) is 2.88. The molecular formula is C19H21N5O. The Morgan fingerprint density at radius 2 is 2.12 bits per heavy atom. The van der Waals surface area contributed by atoms with Gasteiger partial charge in [0.15, 0.2) is 0 Å². The van der Waals surface area contributed by atoms with Crippen molar-refractivity contribution in [3.05, 3.63) is 54.8 Å².